The Kier molecular flexibility index (Phi) is 4.38. The Balaban J connectivity index is 1.57. The molecule has 0 aromatic carbocycles. The second-order valence-corrected chi connectivity index (χ2v) is 6.41. The van der Waals surface area contributed by atoms with E-state index in [-0.39, 0.29) is 11.9 Å². The Hall–Kier alpha value is -0.610. The molecule has 4 atom stereocenters. The van der Waals surface area contributed by atoms with Crippen LogP contribution in [0, 0.1) is 5.92 Å². The van der Waals surface area contributed by atoms with Gasteiger partial charge in [0.2, 0.25) is 5.91 Å². The van der Waals surface area contributed by atoms with Gasteiger partial charge in [-0.25, -0.2) is 0 Å². The molecule has 108 valence electrons. The molecule has 3 fully saturated rings. The van der Waals surface area contributed by atoms with Crippen molar-refractivity contribution in [3.8, 4) is 0 Å². The largest absolute Gasteiger partial charge is 0.355 e. The Morgan fingerprint density at radius 2 is 1.89 bits per heavy atom. The van der Waals surface area contributed by atoms with Gasteiger partial charge in [0.15, 0.2) is 0 Å². The average Bonchev–Trinajstić information content (AvgIpc) is 2.91. The summed E-state index contributed by atoms with van der Waals surface area (Å²) >= 11 is 0. The summed E-state index contributed by atoms with van der Waals surface area (Å²) in [5, 5.41) is 10.3. The topological polar surface area (TPSA) is 53.2 Å². The SMILES string of the molecule is O=C1NCCCC1NC1CCCC1C1CCCCN1. The molecular weight excluding hydrogens is 238 g/mol. The normalized spacial score (nSPS) is 40.1. The lowest BCUT2D eigenvalue weighted by molar-refractivity contribution is -0.124. The molecule has 19 heavy (non-hydrogen) atoms. The van der Waals surface area contributed by atoms with Crippen LogP contribution in [0.4, 0.5) is 0 Å². The lowest BCUT2D eigenvalue weighted by Gasteiger charge is -2.35. The second-order valence-electron chi connectivity index (χ2n) is 6.41. The van der Waals surface area contributed by atoms with Gasteiger partial charge in [-0.15, -0.1) is 0 Å². The molecule has 0 spiro atoms. The maximum Gasteiger partial charge on any atom is 0.237 e. The third-order valence-corrected chi connectivity index (χ3v) is 5.14. The molecule has 0 aromatic heterocycles. The minimum atomic E-state index is 0.0583. The first-order chi connectivity index (χ1) is 9.34. The molecule has 1 saturated carbocycles. The molecule has 1 amide bonds. The molecule has 3 rings (SSSR count). The monoisotopic (exact) mass is 265 g/mol. The van der Waals surface area contributed by atoms with E-state index < -0.39 is 0 Å². The zero-order valence-corrected chi connectivity index (χ0v) is 11.8. The summed E-state index contributed by atoms with van der Waals surface area (Å²) in [7, 11) is 0. The molecule has 3 aliphatic rings. The van der Waals surface area contributed by atoms with Gasteiger partial charge in [-0.2, -0.15) is 0 Å². The number of hydrogen-bond donors (Lipinski definition) is 3. The van der Waals surface area contributed by atoms with Crippen LogP contribution < -0.4 is 16.0 Å². The van der Waals surface area contributed by atoms with Gasteiger partial charge in [0.1, 0.15) is 0 Å². The molecule has 4 nitrogen and oxygen atoms in total. The van der Waals surface area contributed by atoms with Gasteiger partial charge in [-0.3, -0.25) is 4.79 Å². The molecule has 0 aromatic rings. The lowest BCUT2D eigenvalue weighted by atomic mass is 9.87. The predicted molar refractivity (Wildman–Crippen MR) is 75.9 cm³/mol. The molecule has 4 heteroatoms. The second kappa shape index (κ2) is 6.23. The van der Waals surface area contributed by atoms with Gasteiger partial charge in [-0.05, 0) is 51.0 Å². The molecule has 3 N–H and O–H groups in total. The molecule has 2 aliphatic heterocycles. The van der Waals surface area contributed by atoms with Crippen molar-refractivity contribution in [2.75, 3.05) is 13.1 Å². The lowest BCUT2D eigenvalue weighted by Crippen LogP contribution is -2.55. The van der Waals surface area contributed by atoms with Crippen LogP contribution in [0.5, 0.6) is 0 Å². The van der Waals surface area contributed by atoms with E-state index in [4.69, 9.17) is 0 Å². The van der Waals surface area contributed by atoms with Crippen molar-refractivity contribution in [2.45, 2.75) is 69.5 Å². The third kappa shape index (κ3) is 3.11. The van der Waals surface area contributed by atoms with E-state index in [2.05, 4.69) is 16.0 Å². The van der Waals surface area contributed by atoms with E-state index in [0.717, 1.165) is 25.3 Å². The number of amides is 1. The highest BCUT2D eigenvalue weighted by Crippen LogP contribution is 2.32. The Bertz CT molecular complexity index is 315. The van der Waals surface area contributed by atoms with Crippen molar-refractivity contribution in [1.29, 1.82) is 0 Å². The zero-order valence-electron chi connectivity index (χ0n) is 11.8. The van der Waals surface area contributed by atoms with Gasteiger partial charge in [0, 0.05) is 18.6 Å². The van der Waals surface area contributed by atoms with Crippen molar-refractivity contribution in [3.63, 3.8) is 0 Å². The number of nitrogens with one attached hydrogen (secondary N) is 3. The Labute approximate surface area is 116 Å². The van der Waals surface area contributed by atoms with Crippen LogP contribution in [0.25, 0.3) is 0 Å². The first kappa shape index (κ1) is 13.4. The summed E-state index contributed by atoms with van der Waals surface area (Å²) in [6, 6.07) is 1.28. The Morgan fingerprint density at radius 1 is 0.947 bits per heavy atom. The van der Waals surface area contributed by atoms with Crippen LogP contribution in [0.15, 0.2) is 0 Å². The highest BCUT2D eigenvalue weighted by molar-refractivity contribution is 5.82. The minimum Gasteiger partial charge on any atom is -0.355 e. The van der Waals surface area contributed by atoms with Crippen LogP contribution in [0.1, 0.15) is 51.4 Å². The Morgan fingerprint density at radius 3 is 2.68 bits per heavy atom. The van der Waals surface area contributed by atoms with E-state index in [1.165, 1.54) is 45.1 Å². The molecular formula is C15H27N3O. The smallest absolute Gasteiger partial charge is 0.237 e. The predicted octanol–water partition coefficient (Wildman–Crippen LogP) is 1.17. The number of hydrogen-bond acceptors (Lipinski definition) is 3. The van der Waals surface area contributed by atoms with Crippen LogP contribution in [0.2, 0.25) is 0 Å². The molecule has 2 saturated heterocycles. The molecule has 4 unspecified atom stereocenters. The summed E-state index contributed by atoms with van der Waals surface area (Å²) in [6.07, 6.45) is 10.0. The minimum absolute atomic E-state index is 0.0583. The van der Waals surface area contributed by atoms with Crippen molar-refractivity contribution in [3.05, 3.63) is 0 Å². The number of piperidine rings is 2. The van der Waals surface area contributed by atoms with E-state index in [1.807, 2.05) is 0 Å². The summed E-state index contributed by atoms with van der Waals surface area (Å²) in [4.78, 5) is 11.9. The van der Waals surface area contributed by atoms with Gasteiger partial charge in [0.25, 0.3) is 0 Å². The quantitative estimate of drug-likeness (QED) is 0.718. The van der Waals surface area contributed by atoms with Gasteiger partial charge < -0.3 is 16.0 Å². The highest BCUT2D eigenvalue weighted by atomic mass is 16.2. The van der Waals surface area contributed by atoms with Crippen LogP contribution in [-0.2, 0) is 4.79 Å². The van der Waals surface area contributed by atoms with Crippen molar-refractivity contribution >= 4 is 5.91 Å². The first-order valence-electron chi connectivity index (χ1n) is 8.12. The summed E-state index contributed by atoms with van der Waals surface area (Å²) < 4.78 is 0. The third-order valence-electron chi connectivity index (χ3n) is 5.14. The molecule has 1 aliphatic carbocycles. The highest BCUT2D eigenvalue weighted by Gasteiger charge is 2.36. The van der Waals surface area contributed by atoms with Crippen LogP contribution in [-0.4, -0.2) is 37.1 Å². The van der Waals surface area contributed by atoms with E-state index >= 15 is 0 Å². The van der Waals surface area contributed by atoms with Crippen molar-refractivity contribution in [1.82, 2.24) is 16.0 Å². The fraction of sp³-hybridized carbons (Fsp3) is 0.933. The number of rotatable bonds is 3. The van der Waals surface area contributed by atoms with E-state index in [0.29, 0.717) is 12.1 Å². The van der Waals surface area contributed by atoms with Gasteiger partial charge >= 0.3 is 0 Å². The molecule has 2 heterocycles. The summed E-state index contributed by atoms with van der Waals surface area (Å²) in [5.41, 5.74) is 0. The fourth-order valence-electron chi connectivity index (χ4n) is 4.11. The van der Waals surface area contributed by atoms with Gasteiger partial charge in [-0.1, -0.05) is 12.8 Å². The standard InChI is InChI=1S/C15H27N3O/c19-15-14(8-4-10-17-15)18-13-7-3-5-11(13)12-6-1-2-9-16-12/h11-14,16,18H,1-10H2,(H,17,19). The van der Waals surface area contributed by atoms with Gasteiger partial charge in [0.05, 0.1) is 6.04 Å². The summed E-state index contributed by atoms with van der Waals surface area (Å²) in [6.45, 7) is 2.03. The number of carbonyl (C=O) groups excluding carboxylic acids is 1. The van der Waals surface area contributed by atoms with Crippen molar-refractivity contribution in [2.24, 2.45) is 5.92 Å². The van der Waals surface area contributed by atoms with Crippen LogP contribution >= 0.6 is 0 Å². The fourth-order valence-corrected chi connectivity index (χ4v) is 4.11. The zero-order chi connectivity index (χ0) is 13.1. The summed E-state index contributed by atoms with van der Waals surface area (Å²) in [5.74, 6) is 0.948. The number of carbonyl (C=O) groups is 1. The maximum atomic E-state index is 11.9. The van der Waals surface area contributed by atoms with E-state index in [9.17, 15) is 4.79 Å². The molecule has 0 radical (unpaired) electrons. The van der Waals surface area contributed by atoms with Crippen molar-refractivity contribution < 1.29 is 4.79 Å². The molecule has 0 bridgehead atoms. The average molecular weight is 265 g/mol. The maximum absolute atomic E-state index is 11.9. The van der Waals surface area contributed by atoms with E-state index in [1.54, 1.807) is 0 Å². The first-order valence-corrected chi connectivity index (χ1v) is 8.12. The van der Waals surface area contributed by atoms with Crippen LogP contribution in [0.3, 0.4) is 0 Å².